The van der Waals surface area contributed by atoms with Crippen molar-refractivity contribution in [1.82, 2.24) is 4.90 Å². The SMILES string of the molecule is O=C(O)CCN1C(=O)/C(=C\c2cccc(OCc3ccccc3Cl)c2)SC1=S. The number of ether oxygens (including phenoxy) is 1. The molecule has 1 amide bonds. The Morgan fingerprint density at radius 1 is 1.25 bits per heavy atom. The van der Waals surface area contributed by atoms with Crippen LogP contribution in [-0.4, -0.2) is 32.7 Å². The maximum absolute atomic E-state index is 12.5. The normalized spacial score (nSPS) is 15.3. The number of benzene rings is 2. The molecule has 0 bridgehead atoms. The van der Waals surface area contributed by atoms with Crippen LogP contribution in [0.3, 0.4) is 0 Å². The first-order chi connectivity index (χ1) is 13.4. The number of thiocarbonyl (C=S) groups is 1. The molecule has 0 unspecified atom stereocenters. The summed E-state index contributed by atoms with van der Waals surface area (Å²) in [6.45, 7) is 0.402. The van der Waals surface area contributed by atoms with Crippen LogP contribution in [0.1, 0.15) is 17.5 Å². The summed E-state index contributed by atoms with van der Waals surface area (Å²) in [5, 5.41) is 9.45. The Hall–Kier alpha value is -2.35. The highest BCUT2D eigenvalue weighted by Crippen LogP contribution is 2.33. The molecule has 0 aromatic heterocycles. The number of carboxylic acids is 1. The number of amides is 1. The van der Waals surface area contributed by atoms with Gasteiger partial charge in [0.2, 0.25) is 0 Å². The van der Waals surface area contributed by atoms with E-state index >= 15 is 0 Å². The molecule has 0 saturated carbocycles. The first-order valence-electron chi connectivity index (χ1n) is 8.37. The van der Waals surface area contributed by atoms with E-state index in [1.807, 2.05) is 48.5 Å². The second-order valence-corrected chi connectivity index (χ2v) is 8.01. The van der Waals surface area contributed by atoms with E-state index in [1.165, 1.54) is 4.90 Å². The lowest BCUT2D eigenvalue weighted by atomic mass is 10.2. The van der Waals surface area contributed by atoms with Gasteiger partial charge in [-0.3, -0.25) is 14.5 Å². The molecule has 0 aliphatic carbocycles. The van der Waals surface area contributed by atoms with Crippen LogP contribution in [0.25, 0.3) is 6.08 Å². The molecular formula is C20H16ClNO4S2. The number of aliphatic carboxylic acids is 1. The van der Waals surface area contributed by atoms with E-state index in [-0.39, 0.29) is 18.9 Å². The van der Waals surface area contributed by atoms with E-state index in [4.69, 9.17) is 33.7 Å². The van der Waals surface area contributed by atoms with Crippen LogP contribution in [0.5, 0.6) is 5.75 Å². The number of halogens is 1. The molecule has 0 spiro atoms. The summed E-state index contributed by atoms with van der Waals surface area (Å²) in [4.78, 5) is 25.0. The van der Waals surface area contributed by atoms with E-state index in [9.17, 15) is 9.59 Å². The summed E-state index contributed by atoms with van der Waals surface area (Å²) in [5.74, 6) is -0.602. The molecule has 3 rings (SSSR count). The van der Waals surface area contributed by atoms with Crippen LogP contribution >= 0.6 is 35.6 Å². The number of rotatable bonds is 7. The molecule has 1 fully saturated rings. The Bertz CT molecular complexity index is 961. The number of carboxylic acid groups (broad SMARTS) is 1. The van der Waals surface area contributed by atoms with Gasteiger partial charge in [0.25, 0.3) is 5.91 Å². The largest absolute Gasteiger partial charge is 0.489 e. The summed E-state index contributed by atoms with van der Waals surface area (Å²) < 4.78 is 6.17. The minimum absolute atomic E-state index is 0.0678. The van der Waals surface area contributed by atoms with Gasteiger partial charge in [-0.2, -0.15) is 0 Å². The summed E-state index contributed by atoms with van der Waals surface area (Å²) >= 11 is 12.5. The Morgan fingerprint density at radius 3 is 2.79 bits per heavy atom. The molecule has 1 N–H and O–H groups in total. The molecule has 0 atom stereocenters. The fourth-order valence-electron chi connectivity index (χ4n) is 2.52. The highest BCUT2D eigenvalue weighted by Gasteiger charge is 2.32. The maximum atomic E-state index is 12.5. The van der Waals surface area contributed by atoms with Gasteiger partial charge in [0.15, 0.2) is 0 Å². The average molecular weight is 434 g/mol. The quantitative estimate of drug-likeness (QED) is 0.508. The van der Waals surface area contributed by atoms with E-state index in [1.54, 1.807) is 6.08 Å². The lowest BCUT2D eigenvalue weighted by Gasteiger charge is -2.12. The number of hydrogen-bond donors (Lipinski definition) is 1. The maximum Gasteiger partial charge on any atom is 0.305 e. The van der Waals surface area contributed by atoms with Crippen LogP contribution < -0.4 is 4.74 Å². The summed E-state index contributed by atoms with van der Waals surface area (Å²) in [7, 11) is 0. The number of hydrogen-bond acceptors (Lipinski definition) is 5. The van der Waals surface area contributed by atoms with Crippen molar-refractivity contribution in [2.24, 2.45) is 0 Å². The van der Waals surface area contributed by atoms with Crippen LogP contribution in [-0.2, 0) is 16.2 Å². The average Bonchev–Trinajstić information content (AvgIpc) is 2.92. The van der Waals surface area contributed by atoms with Gasteiger partial charge < -0.3 is 9.84 Å². The van der Waals surface area contributed by atoms with Gasteiger partial charge in [-0.15, -0.1) is 0 Å². The molecule has 5 nitrogen and oxygen atoms in total. The van der Waals surface area contributed by atoms with E-state index in [0.29, 0.717) is 26.6 Å². The Kier molecular flexibility index (Phi) is 6.72. The number of nitrogens with zero attached hydrogens (tertiary/aromatic N) is 1. The molecule has 2 aromatic rings. The zero-order chi connectivity index (χ0) is 20.1. The smallest absolute Gasteiger partial charge is 0.305 e. The molecule has 1 saturated heterocycles. The van der Waals surface area contributed by atoms with E-state index < -0.39 is 5.97 Å². The first kappa shape index (κ1) is 20.4. The minimum atomic E-state index is -0.971. The molecule has 0 radical (unpaired) electrons. The first-order valence-corrected chi connectivity index (χ1v) is 9.98. The lowest BCUT2D eigenvalue weighted by molar-refractivity contribution is -0.137. The van der Waals surface area contributed by atoms with Gasteiger partial charge >= 0.3 is 5.97 Å². The van der Waals surface area contributed by atoms with Crippen molar-refractivity contribution in [1.29, 1.82) is 0 Å². The fourth-order valence-corrected chi connectivity index (χ4v) is 4.02. The Morgan fingerprint density at radius 2 is 2.04 bits per heavy atom. The molecular weight excluding hydrogens is 418 g/mol. The monoisotopic (exact) mass is 433 g/mol. The predicted molar refractivity (Wildman–Crippen MR) is 114 cm³/mol. The summed E-state index contributed by atoms with van der Waals surface area (Å²) in [5.41, 5.74) is 1.67. The van der Waals surface area contributed by atoms with Gasteiger partial charge in [0.05, 0.1) is 11.3 Å². The van der Waals surface area contributed by atoms with Gasteiger partial charge in [-0.25, -0.2) is 0 Å². The Balaban J connectivity index is 1.70. The van der Waals surface area contributed by atoms with Gasteiger partial charge in [0, 0.05) is 17.1 Å². The molecule has 2 aromatic carbocycles. The van der Waals surface area contributed by atoms with Gasteiger partial charge in [-0.1, -0.05) is 65.9 Å². The van der Waals surface area contributed by atoms with Gasteiger partial charge in [-0.05, 0) is 29.8 Å². The minimum Gasteiger partial charge on any atom is -0.489 e. The number of carbonyl (C=O) groups is 2. The molecule has 1 aliphatic rings. The summed E-state index contributed by atoms with van der Waals surface area (Å²) in [6, 6.07) is 14.8. The van der Waals surface area contributed by atoms with Crippen LogP contribution in [0.4, 0.5) is 0 Å². The molecule has 1 aliphatic heterocycles. The number of carbonyl (C=O) groups excluding carboxylic acids is 1. The molecule has 8 heteroatoms. The number of thioether (sulfide) groups is 1. The fraction of sp³-hybridized carbons (Fsp3) is 0.150. The van der Waals surface area contributed by atoms with Crippen molar-refractivity contribution in [3.8, 4) is 5.75 Å². The standard InChI is InChI=1S/C20H16ClNO4S2/c21-16-7-2-1-5-14(16)12-26-15-6-3-4-13(10-15)11-17-19(25)22(20(27)28-17)9-8-18(23)24/h1-7,10-11H,8-9,12H2,(H,23,24)/b17-11+. The molecule has 1 heterocycles. The molecule has 28 heavy (non-hydrogen) atoms. The van der Waals surface area contributed by atoms with Crippen molar-refractivity contribution in [3.63, 3.8) is 0 Å². The van der Waals surface area contributed by atoms with Gasteiger partial charge in [0.1, 0.15) is 16.7 Å². The topological polar surface area (TPSA) is 66.8 Å². The highest BCUT2D eigenvalue weighted by molar-refractivity contribution is 8.26. The molecule has 144 valence electrons. The van der Waals surface area contributed by atoms with E-state index in [0.717, 1.165) is 22.9 Å². The predicted octanol–water partition coefficient (Wildman–Crippen LogP) is 4.59. The van der Waals surface area contributed by atoms with Crippen LogP contribution in [0, 0.1) is 0 Å². The third kappa shape index (κ3) is 5.13. The second kappa shape index (κ2) is 9.23. The second-order valence-electron chi connectivity index (χ2n) is 5.93. The van der Waals surface area contributed by atoms with Crippen LogP contribution in [0.15, 0.2) is 53.4 Å². The Labute approximate surface area is 176 Å². The van der Waals surface area contributed by atoms with E-state index in [2.05, 4.69) is 0 Å². The van der Waals surface area contributed by atoms with Crippen molar-refractivity contribution in [3.05, 3.63) is 69.6 Å². The van der Waals surface area contributed by atoms with Crippen molar-refractivity contribution in [2.45, 2.75) is 13.0 Å². The summed E-state index contributed by atoms with van der Waals surface area (Å²) in [6.07, 6.45) is 1.58. The third-order valence-corrected chi connectivity index (χ3v) is 5.68. The van der Waals surface area contributed by atoms with Crippen molar-refractivity contribution in [2.75, 3.05) is 6.54 Å². The van der Waals surface area contributed by atoms with Crippen molar-refractivity contribution < 1.29 is 19.4 Å². The lowest BCUT2D eigenvalue weighted by Crippen LogP contribution is -2.30. The van der Waals surface area contributed by atoms with Crippen molar-refractivity contribution >= 4 is 57.9 Å². The van der Waals surface area contributed by atoms with Crippen LogP contribution in [0.2, 0.25) is 5.02 Å². The highest BCUT2D eigenvalue weighted by atomic mass is 35.5. The zero-order valence-corrected chi connectivity index (χ0v) is 17.0. The third-order valence-electron chi connectivity index (χ3n) is 3.93. The zero-order valence-electron chi connectivity index (χ0n) is 14.6.